The Morgan fingerprint density at radius 3 is 2.00 bits per heavy atom. The van der Waals surface area contributed by atoms with E-state index in [9.17, 15) is 9.59 Å². The molecular weight excluding hydrogens is 290 g/mol. The SMILES string of the molecule is CCN(CCC(=O)O)C(=O)c1cc(OC)c(OC)c(OC)c1. The third-order valence-corrected chi connectivity index (χ3v) is 3.18. The van der Waals surface area contributed by atoms with Crippen LogP contribution in [0.25, 0.3) is 0 Å². The second-order valence-electron chi connectivity index (χ2n) is 4.44. The Morgan fingerprint density at radius 1 is 1.09 bits per heavy atom. The van der Waals surface area contributed by atoms with Crippen LogP contribution in [-0.4, -0.2) is 56.3 Å². The lowest BCUT2D eigenvalue weighted by Crippen LogP contribution is -2.32. The molecule has 0 aliphatic carbocycles. The van der Waals surface area contributed by atoms with Crippen LogP contribution in [0, 0.1) is 0 Å². The van der Waals surface area contributed by atoms with E-state index in [0.29, 0.717) is 29.4 Å². The number of rotatable bonds is 8. The molecule has 0 saturated carbocycles. The number of carbonyl (C=O) groups is 2. The summed E-state index contributed by atoms with van der Waals surface area (Å²) >= 11 is 0. The van der Waals surface area contributed by atoms with Crippen molar-refractivity contribution in [3.63, 3.8) is 0 Å². The highest BCUT2D eigenvalue weighted by Crippen LogP contribution is 2.38. The summed E-state index contributed by atoms with van der Waals surface area (Å²) in [6.07, 6.45) is -0.107. The number of benzene rings is 1. The van der Waals surface area contributed by atoms with Crippen LogP contribution in [0.4, 0.5) is 0 Å². The number of nitrogens with zero attached hydrogens (tertiary/aromatic N) is 1. The van der Waals surface area contributed by atoms with Crippen molar-refractivity contribution < 1.29 is 28.9 Å². The highest BCUT2D eigenvalue weighted by atomic mass is 16.5. The number of hydrogen-bond donors (Lipinski definition) is 1. The number of carbonyl (C=O) groups excluding carboxylic acids is 1. The molecular formula is C15H21NO6. The molecule has 7 heteroatoms. The Balaban J connectivity index is 3.13. The van der Waals surface area contributed by atoms with Gasteiger partial charge in [-0.05, 0) is 19.1 Å². The quantitative estimate of drug-likeness (QED) is 0.785. The maximum absolute atomic E-state index is 12.5. The van der Waals surface area contributed by atoms with E-state index in [1.807, 2.05) is 0 Å². The zero-order valence-electron chi connectivity index (χ0n) is 13.2. The molecule has 1 N–H and O–H groups in total. The van der Waals surface area contributed by atoms with E-state index in [0.717, 1.165) is 0 Å². The summed E-state index contributed by atoms with van der Waals surface area (Å²) in [7, 11) is 4.41. The van der Waals surface area contributed by atoms with E-state index in [-0.39, 0.29) is 18.9 Å². The van der Waals surface area contributed by atoms with Crippen LogP contribution in [0.15, 0.2) is 12.1 Å². The molecule has 22 heavy (non-hydrogen) atoms. The molecule has 122 valence electrons. The van der Waals surface area contributed by atoms with Gasteiger partial charge in [0.2, 0.25) is 5.75 Å². The lowest BCUT2D eigenvalue weighted by atomic mass is 10.1. The molecule has 0 saturated heterocycles. The average molecular weight is 311 g/mol. The summed E-state index contributed by atoms with van der Waals surface area (Å²) in [4.78, 5) is 24.6. The normalized spacial score (nSPS) is 10.0. The minimum absolute atomic E-state index is 0.107. The Bertz CT molecular complexity index is 518. The molecule has 7 nitrogen and oxygen atoms in total. The van der Waals surface area contributed by atoms with E-state index < -0.39 is 5.97 Å². The third-order valence-electron chi connectivity index (χ3n) is 3.18. The van der Waals surface area contributed by atoms with Gasteiger partial charge >= 0.3 is 5.97 Å². The van der Waals surface area contributed by atoms with Crippen molar-refractivity contribution in [2.24, 2.45) is 0 Å². The Morgan fingerprint density at radius 2 is 1.64 bits per heavy atom. The predicted molar refractivity (Wildman–Crippen MR) is 79.9 cm³/mol. The zero-order valence-corrected chi connectivity index (χ0v) is 13.2. The van der Waals surface area contributed by atoms with Gasteiger partial charge in [-0.3, -0.25) is 9.59 Å². The van der Waals surface area contributed by atoms with Crippen molar-refractivity contribution in [2.75, 3.05) is 34.4 Å². The smallest absolute Gasteiger partial charge is 0.305 e. The monoisotopic (exact) mass is 311 g/mol. The summed E-state index contributed by atoms with van der Waals surface area (Å²) < 4.78 is 15.6. The molecule has 0 bridgehead atoms. The second kappa shape index (κ2) is 8.11. The fourth-order valence-electron chi connectivity index (χ4n) is 2.02. The van der Waals surface area contributed by atoms with Gasteiger partial charge in [0.15, 0.2) is 11.5 Å². The number of ether oxygens (including phenoxy) is 3. The topological polar surface area (TPSA) is 85.3 Å². The lowest BCUT2D eigenvalue weighted by molar-refractivity contribution is -0.137. The first-order chi connectivity index (χ1) is 10.5. The first-order valence-corrected chi connectivity index (χ1v) is 6.79. The van der Waals surface area contributed by atoms with Crippen LogP contribution in [0.3, 0.4) is 0 Å². The molecule has 1 aromatic carbocycles. The average Bonchev–Trinajstić information content (AvgIpc) is 2.53. The van der Waals surface area contributed by atoms with Gasteiger partial charge in [-0.15, -0.1) is 0 Å². The van der Waals surface area contributed by atoms with E-state index in [4.69, 9.17) is 19.3 Å². The van der Waals surface area contributed by atoms with Crippen molar-refractivity contribution in [2.45, 2.75) is 13.3 Å². The summed E-state index contributed by atoms with van der Waals surface area (Å²) in [6, 6.07) is 3.10. The minimum Gasteiger partial charge on any atom is -0.493 e. The van der Waals surface area contributed by atoms with Gasteiger partial charge in [0.25, 0.3) is 5.91 Å². The first kappa shape index (κ1) is 17.6. The van der Waals surface area contributed by atoms with E-state index in [2.05, 4.69) is 0 Å². The van der Waals surface area contributed by atoms with E-state index in [1.165, 1.54) is 26.2 Å². The number of carboxylic acid groups (broad SMARTS) is 1. The van der Waals surface area contributed by atoms with Gasteiger partial charge < -0.3 is 24.2 Å². The number of amides is 1. The summed E-state index contributed by atoms with van der Waals surface area (Å²) in [6.45, 7) is 2.34. The minimum atomic E-state index is -0.948. The van der Waals surface area contributed by atoms with Gasteiger partial charge in [-0.2, -0.15) is 0 Å². The fraction of sp³-hybridized carbons (Fsp3) is 0.467. The number of aliphatic carboxylic acids is 1. The van der Waals surface area contributed by atoms with Crippen molar-refractivity contribution in [3.8, 4) is 17.2 Å². The molecule has 1 rings (SSSR count). The summed E-state index contributed by atoms with van der Waals surface area (Å²) in [5, 5.41) is 8.75. The first-order valence-electron chi connectivity index (χ1n) is 6.79. The largest absolute Gasteiger partial charge is 0.493 e. The number of carboxylic acids is 1. The van der Waals surface area contributed by atoms with E-state index in [1.54, 1.807) is 19.1 Å². The van der Waals surface area contributed by atoms with Crippen molar-refractivity contribution >= 4 is 11.9 Å². The van der Waals surface area contributed by atoms with Gasteiger partial charge in [-0.1, -0.05) is 0 Å². The fourth-order valence-corrected chi connectivity index (χ4v) is 2.02. The molecule has 0 aliphatic rings. The van der Waals surface area contributed by atoms with Crippen molar-refractivity contribution in [1.29, 1.82) is 0 Å². The standard InChI is InChI=1S/C15H21NO6/c1-5-16(7-6-13(17)18)15(19)10-8-11(20-2)14(22-4)12(9-10)21-3/h8-9H,5-7H2,1-4H3,(H,17,18). The molecule has 0 unspecified atom stereocenters. The molecule has 0 heterocycles. The number of methoxy groups -OCH3 is 3. The molecule has 0 atom stereocenters. The summed E-state index contributed by atoms with van der Waals surface area (Å²) in [5.74, 6) is -0.0896. The Hall–Kier alpha value is -2.44. The highest BCUT2D eigenvalue weighted by Gasteiger charge is 2.20. The maximum atomic E-state index is 12.5. The van der Waals surface area contributed by atoms with Gasteiger partial charge in [-0.25, -0.2) is 0 Å². The van der Waals surface area contributed by atoms with Crippen LogP contribution in [0.2, 0.25) is 0 Å². The van der Waals surface area contributed by atoms with E-state index >= 15 is 0 Å². The molecule has 1 aromatic rings. The molecule has 0 spiro atoms. The van der Waals surface area contributed by atoms with Gasteiger partial charge in [0.05, 0.1) is 27.8 Å². The Kier molecular flexibility index (Phi) is 6.49. The number of hydrogen-bond acceptors (Lipinski definition) is 5. The van der Waals surface area contributed by atoms with Gasteiger partial charge in [0.1, 0.15) is 0 Å². The Labute approximate surface area is 129 Å². The van der Waals surface area contributed by atoms with Crippen LogP contribution in [0.1, 0.15) is 23.7 Å². The summed E-state index contributed by atoms with van der Waals surface area (Å²) in [5.41, 5.74) is 0.349. The lowest BCUT2D eigenvalue weighted by Gasteiger charge is -2.21. The second-order valence-corrected chi connectivity index (χ2v) is 4.44. The third kappa shape index (κ3) is 4.03. The van der Waals surface area contributed by atoms with Gasteiger partial charge in [0, 0.05) is 18.7 Å². The maximum Gasteiger partial charge on any atom is 0.305 e. The zero-order chi connectivity index (χ0) is 16.7. The van der Waals surface area contributed by atoms with Crippen LogP contribution >= 0.6 is 0 Å². The van der Waals surface area contributed by atoms with Crippen LogP contribution in [-0.2, 0) is 4.79 Å². The van der Waals surface area contributed by atoms with Crippen molar-refractivity contribution in [1.82, 2.24) is 4.90 Å². The molecule has 0 fully saturated rings. The van der Waals surface area contributed by atoms with Crippen molar-refractivity contribution in [3.05, 3.63) is 17.7 Å². The molecule has 0 aliphatic heterocycles. The molecule has 0 radical (unpaired) electrons. The predicted octanol–water partition coefficient (Wildman–Crippen LogP) is 1.65. The highest BCUT2D eigenvalue weighted by molar-refractivity contribution is 5.95. The molecule has 0 aromatic heterocycles. The van der Waals surface area contributed by atoms with Crippen LogP contribution < -0.4 is 14.2 Å². The molecule has 1 amide bonds. The van der Waals surface area contributed by atoms with Crippen LogP contribution in [0.5, 0.6) is 17.2 Å².